The molecule has 8 heteroatoms. The largest absolute Gasteiger partial charge is 0.501 e. The van der Waals surface area contributed by atoms with E-state index in [-0.39, 0.29) is 19.0 Å². The van der Waals surface area contributed by atoms with Gasteiger partial charge in [0.25, 0.3) is 0 Å². The summed E-state index contributed by atoms with van der Waals surface area (Å²) in [6.45, 7) is 0.926. The van der Waals surface area contributed by atoms with E-state index in [1.54, 1.807) is 0 Å². The summed E-state index contributed by atoms with van der Waals surface area (Å²) in [6, 6.07) is 2.16. The van der Waals surface area contributed by atoms with Gasteiger partial charge in [-0.15, -0.1) is 0 Å². The summed E-state index contributed by atoms with van der Waals surface area (Å²) in [5, 5.41) is 2.78. The number of aromatic nitrogens is 1. The van der Waals surface area contributed by atoms with Crippen LogP contribution in [0.5, 0.6) is 0 Å². The smallest absolute Gasteiger partial charge is 0.417 e. The molecule has 0 fully saturated rings. The molecule has 2 rings (SSSR count). The number of halogens is 3. The minimum atomic E-state index is -4.41. The maximum Gasteiger partial charge on any atom is 0.417 e. The van der Waals surface area contributed by atoms with Crippen LogP contribution in [0.15, 0.2) is 30.2 Å². The number of ether oxygens (including phenoxy) is 2. The normalized spacial score (nSPS) is 14.8. The highest BCUT2D eigenvalue weighted by Crippen LogP contribution is 2.28. The van der Waals surface area contributed by atoms with Gasteiger partial charge < -0.3 is 14.8 Å². The van der Waals surface area contributed by atoms with Gasteiger partial charge in [-0.05, 0) is 25.0 Å². The molecule has 0 radical (unpaired) electrons. The Morgan fingerprint density at radius 3 is 2.82 bits per heavy atom. The number of anilines is 1. The number of hydrogen-bond acceptors (Lipinski definition) is 5. The average molecular weight is 316 g/mol. The highest BCUT2D eigenvalue weighted by molar-refractivity contribution is 5.88. The van der Waals surface area contributed by atoms with Crippen molar-refractivity contribution in [2.24, 2.45) is 0 Å². The van der Waals surface area contributed by atoms with E-state index in [0.29, 0.717) is 18.6 Å². The van der Waals surface area contributed by atoms with Crippen LogP contribution in [0.4, 0.5) is 19.0 Å². The highest BCUT2D eigenvalue weighted by atomic mass is 19.4. The number of carbonyl (C=O) groups is 1. The quantitative estimate of drug-likeness (QED) is 0.668. The molecule has 0 aliphatic carbocycles. The van der Waals surface area contributed by atoms with E-state index in [1.165, 1.54) is 12.3 Å². The third kappa shape index (κ3) is 4.64. The van der Waals surface area contributed by atoms with E-state index in [4.69, 9.17) is 9.47 Å². The van der Waals surface area contributed by atoms with Crippen LogP contribution in [0.2, 0.25) is 0 Å². The molecule has 1 aromatic heterocycles. The summed E-state index contributed by atoms with van der Waals surface area (Å²) >= 11 is 0. The van der Waals surface area contributed by atoms with E-state index in [1.807, 2.05) is 0 Å². The SMILES string of the molecule is O=C(OCCNc1ccc(C(F)(F)F)cn1)C1=COCCC1. The molecule has 2 heterocycles. The van der Waals surface area contributed by atoms with E-state index >= 15 is 0 Å². The number of pyridine rings is 1. The number of nitrogens with zero attached hydrogens (tertiary/aromatic N) is 1. The first kappa shape index (κ1) is 16.1. The first-order chi connectivity index (χ1) is 10.5. The van der Waals surface area contributed by atoms with Crippen molar-refractivity contribution in [3.63, 3.8) is 0 Å². The maximum atomic E-state index is 12.4. The first-order valence-electron chi connectivity index (χ1n) is 6.72. The van der Waals surface area contributed by atoms with Gasteiger partial charge in [0, 0.05) is 6.20 Å². The number of esters is 1. The van der Waals surface area contributed by atoms with Crippen molar-refractivity contribution >= 4 is 11.8 Å². The van der Waals surface area contributed by atoms with Crippen LogP contribution < -0.4 is 5.32 Å². The molecule has 1 aromatic rings. The van der Waals surface area contributed by atoms with Gasteiger partial charge in [0.15, 0.2) is 0 Å². The third-order valence-corrected chi connectivity index (χ3v) is 2.93. The van der Waals surface area contributed by atoms with Gasteiger partial charge in [0.1, 0.15) is 12.4 Å². The average Bonchev–Trinajstić information content (AvgIpc) is 2.52. The van der Waals surface area contributed by atoms with Gasteiger partial charge in [-0.25, -0.2) is 9.78 Å². The Bertz CT molecular complexity index is 541. The predicted molar refractivity (Wildman–Crippen MR) is 72.0 cm³/mol. The lowest BCUT2D eigenvalue weighted by molar-refractivity contribution is -0.139. The molecule has 0 saturated carbocycles. The van der Waals surface area contributed by atoms with Crippen LogP contribution in [-0.4, -0.2) is 30.7 Å². The Morgan fingerprint density at radius 2 is 2.23 bits per heavy atom. The molecule has 1 N–H and O–H groups in total. The van der Waals surface area contributed by atoms with Crippen molar-refractivity contribution < 1.29 is 27.4 Å². The molecule has 5 nitrogen and oxygen atoms in total. The van der Waals surface area contributed by atoms with Crippen molar-refractivity contribution in [3.8, 4) is 0 Å². The third-order valence-electron chi connectivity index (χ3n) is 2.93. The van der Waals surface area contributed by atoms with E-state index in [9.17, 15) is 18.0 Å². The summed E-state index contributed by atoms with van der Waals surface area (Å²) in [5.41, 5.74) is -0.326. The summed E-state index contributed by atoms with van der Waals surface area (Å²) in [6.07, 6.45) is -0.868. The second kappa shape index (κ2) is 7.15. The lowest BCUT2D eigenvalue weighted by Gasteiger charge is -2.13. The molecule has 1 aliphatic rings. The summed E-state index contributed by atoms with van der Waals surface area (Å²) in [4.78, 5) is 15.3. The molecule has 1 aliphatic heterocycles. The Morgan fingerprint density at radius 1 is 1.41 bits per heavy atom. The monoisotopic (exact) mass is 316 g/mol. The van der Waals surface area contributed by atoms with E-state index in [2.05, 4.69) is 10.3 Å². The van der Waals surface area contributed by atoms with Crippen molar-refractivity contribution in [1.82, 2.24) is 4.98 Å². The van der Waals surface area contributed by atoms with Gasteiger partial charge >= 0.3 is 12.1 Å². The van der Waals surface area contributed by atoms with Crippen molar-refractivity contribution in [1.29, 1.82) is 0 Å². The van der Waals surface area contributed by atoms with Crippen LogP contribution in [0.3, 0.4) is 0 Å². The Labute approximate surface area is 125 Å². The minimum Gasteiger partial charge on any atom is -0.501 e. The molecule has 0 spiro atoms. The number of hydrogen-bond donors (Lipinski definition) is 1. The summed E-state index contributed by atoms with van der Waals surface area (Å²) < 4.78 is 47.1. The van der Waals surface area contributed by atoms with Crippen molar-refractivity contribution in [2.45, 2.75) is 19.0 Å². The Kier molecular flexibility index (Phi) is 5.24. The number of nitrogens with one attached hydrogen (secondary N) is 1. The zero-order valence-electron chi connectivity index (χ0n) is 11.7. The van der Waals surface area contributed by atoms with Gasteiger partial charge in [-0.1, -0.05) is 0 Å². The first-order valence-corrected chi connectivity index (χ1v) is 6.72. The minimum absolute atomic E-state index is 0.0822. The molecule has 0 aromatic carbocycles. The lowest BCUT2D eigenvalue weighted by atomic mass is 10.1. The molecule has 22 heavy (non-hydrogen) atoms. The van der Waals surface area contributed by atoms with Gasteiger partial charge in [-0.2, -0.15) is 13.2 Å². The topological polar surface area (TPSA) is 60.5 Å². The van der Waals surface area contributed by atoms with Gasteiger partial charge in [-0.3, -0.25) is 0 Å². The molecule has 0 bridgehead atoms. The number of carbonyl (C=O) groups excluding carboxylic acids is 1. The van der Waals surface area contributed by atoms with E-state index in [0.717, 1.165) is 18.7 Å². The molecule has 0 unspecified atom stereocenters. The Hall–Kier alpha value is -2.25. The molecule has 120 valence electrons. The van der Waals surface area contributed by atoms with Crippen LogP contribution in [0.1, 0.15) is 18.4 Å². The lowest BCUT2D eigenvalue weighted by Crippen LogP contribution is -2.17. The second-order valence-electron chi connectivity index (χ2n) is 4.61. The molecule has 0 atom stereocenters. The summed E-state index contributed by atoms with van der Waals surface area (Å²) in [5.74, 6) is -0.161. The van der Waals surface area contributed by atoms with Crippen LogP contribution in [0.25, 0.3) is 0 Å². The molecule has 0 saturated heterocycles. The molecule has 0 amide bonds. The second-order valence-corrected chi connectivity index (χ2v) is 4.61. The summed E-state index contributed by atoms with van der Waals surface area (Å²) in [7, 11) is 0. The van der Waals surface area contributed by atoms with Crippen LogP contribution >= 0.6 is 0 Å². The maximum absolute atomic E-state index is 12.4. The standard InChI is InChI=1S/C14H15F3N2O3/c15-14(16,17)11-3-4-12(19-8-11)18-5-7-22-13(20)10-2-1-6-21-9-10/h3-4,8-9H,1-2,5-7H2,(H,18,19). The van der Waals surface area contributed by atoms with Gasteiger partial charge in [0.05, 0.1) is 30.6 Å². The highest BCUT2D eigenvalue weighted by Gasteiger charge is 2.30. The van der Waals surface area contributed by atoms with Crippen molar-refractivity contribution in [2.75, 3.05) is 25.1 Å². The zero-order valence-corrected chi connectivity index (χ0v) is 11.7. The van der Waals surface area contributed by atoms with Crippen LogP contribution in [-0.2, 0) is 20.4 Å². The van der Waals surface area contributed by atoms with Gasteiger partial charge in [0.2, 0.25) is 0 Å². The Balaban J connectivity index is 1.72. The fourth-order valence-corrected chi connectivity index (χ4v) is 1.80. The fraction of sp³-hybridized carbons (Fsp3) is 0.429. The van der Waals surface area contributed by atoms with Crippen molar-refractivity contribution in [3.05, 3.63) is 35.7 Å². The number of rotatable bonds is 5. The fourth-order valence-electron chi connectivity index (χ4n) is 1.80. The zero-order chi connectivity index (χ0) is 16.0. The number of alkyl halides is 3. The van der Waals surface area contributed by atoms with Crippen LogP contribution in [0, 0.1) is 0 Å². The molecular weight excluding hydrogens is 301 g/mol. The molecular formula is C14H15F3N2O3. The predicted octanol–water partition coefficient (Wildman–Crippen LogP) is 2.75. The van der Waals surface area contributed by atoms with E-state index < -0.39 is 17.7 Å².